The number of benzene rings is 1. The number of carbonyl (C=O) groups is 1. The summed E-state index contributed by atoms with van der Waals surface area (Å²) in [7, 11) is -2.49. The molecule has 0 aliphatic rings. The third-order valence-electron chi connectivity index (χ3n) is 4.78. The van der Waals surface area contributed by atoms with Crippen molar-refractivity contribution in [1.82, 2.24) is 20.0 Å². The van der Waals surface area contributed by atoms with Crippen LogP contribution in [0.5, 0.6) is 5.75 Å². The third-order valence-corrected chi connectivity index (χ3v) is 7.27. The number of nitriles is 1. The fourth-order valence-electron chi connectivity index (χ4n) is 3.51. The molecule has 3 aromatic rings. The third kappa shape index (κ3) is 4.30. The second-order valence-electron chi connectivity index (χ2n) is 6.62. The van der Waals surface area contributed by atoms with E-state index in [-0.39, 0.29) is 31.0 Å². The van der Waals surface area contributed by atoms with E-state index >= 15 is 0 Å². The molecule has 0 N–H and O–H groups in total. The lowest BCUT2D eigenvalue weighted by molar-refractivity contribution is -0.146. The van der Waals surface area contributed by atoms with Gasteiger partial charge in [0.05, 0.1) is 38.5 Å². The number of hydrogen-bond donors (Lipinski definition) is 0. The molecule has 0 fully saturated rings. The Morgan fingerprint density at radius 3 is 2.50 bits per heavy atom. The van der Waals surface area contributed by atoms with Crippen molar-refractivity contribution < 1.29 is 27.9 Å². The molecule has 0 aliphatic heterocycles. The highest BCUT2D eigenvalue weighted by Crippen LogP contribution is 2.64. The fraction of sp³-hybridized carbons (Fsp3) is 0.450. The smallest absolute Gasteiger partial charge is 0.340 e. The van der Waals surface area contributed by atoms with Crippen LogP contribution < -0.4 is 4.74 Å². The van der Waals surface area contributed by atoms with Gasteiger partial charge in [-0.1, -0.05) is 0 Å². The van der Waals surface area contributed by atoms with E-state index in [9.17, 15) is 14.6 Å². The maximum atomic E-state index is 13.9. The summed E-state index contributed by atoms with van der Waals surface area (Å²) in [5.41, 5.74) is -0.206. The largest absolute Gasteiger partial charge is 0.497 e. The highest BCUT2D eigenvalue weighted by molar-refractivity contribution is 7.54. The zero-order chi connectivity index (χ0) is 23.3. The Balaban J connectivity index is 2.35. The molecule has 0 saturated heterocycles. The Bertz CT molecular complexity index is 1200. The zero-order valence-electron chi connectivity index (χ0n) is 18.2. The van der Waals surface area contributed by atoms with Crippen LogP contribution in [0, 0.1) is 17.2 Å². The summed E-state index contributed by atoms with van der Waals surface area (Å²) < 4.78 is 36.8. The van der Waals surface area contributed by atoms with Gasteiger partial charge in [0, 0.05) is 17.0 Å². The molecule has 2 heterocycles. The molecule has 11 nitrogen and oxygen atoms in total. The first-order chi connectivity index (χ1) is 15.4. The van der Waals surface area contributed by atoms with Crippen LogP contribution in [0.1, 0.15) is 32.0 Å². The molecule has 1 aromatic carbocycles. The molecule has 2 unspecified atom stereocenters. The van der Waals surface area contributed by atoms with Crippen molar-refractivity contribution in [2.45, 2.75) is 26.4 Å². The normalized spacial score (nSPS) is 13.6. The maximum Gasteiger partial charge on any atom is 0.340 e. The number of carbonyl (C=O) groups excluding carboxylic acids is 1. The SMILES string of the molecule is CCOC(=O)C(C#N)C(c1cc2ccc(OC)cc2n2nnnc12)P(=O)(OCC)OCC. The molecule has 0 aliphatic carbocycles. The van der Waals surface area contributed by atoms with Gasteiger partial charge in [0.1, 0.15) is 11.4 Å². The summed E-state index contributed by atoms with van der Waals surface area (Å²) in [4.78, 5) is 12.7. The molecule has 12 heteroatoms. The minimum atomic E-state index is -4.03. The predicted octanol–water partition coefficient (Wildman–Crippen LogP) is 3.30. The van der Waals surface area contributed by atoms with Gasteiger partial charge < -0.3 is 18.5 Å². The van der Waals surface area contributed by atoms with Gasteiger partial charge >= 0.3 is 13.6 Å². The van der Waals surface area contributed by atoms with Crippen LogP contribution in [0.15, 0.2) is 24.3 Å². The number of tetrazole rings is 1. The second-order valence-corrected chi connectivity index (χ2v) is 8.77. The number of rotatable bonds is 10. The van der Waals surface area contributed by atoms with E-state index in [4.69, 9.17) is 18.5 Å². The molecule has 2 atom stereocenters. The molecule has 170 valence electrons. The van der Waals surface area contributed by atoms with Crippen LogP contribution in [-0.2, 0) is 23.1 Å². The van der Waals surface area contributed by atoms with E-state index in [1.54, 1.807) is 52.1 Å². The quantitative estimate of drug-likeness (QED) is 0.326. The van der Waals surface area contributed by atoms with Crippen molar-refractivity contribution in [1.29, 1.82) is 5.26 Å². The molecular weight excluding hydrogens is 437 g/mol. The molecule has 0 bridgehead atoms. The molecule has 0 saturated carbocycles. The Labute approximate surface area is 184 Å². The molecule has 32 heavy (non-hydrogen) atoms. The minimum Gasteiger partial charge on any atom is -0.497 e. The highest BCUT2D eigenvalue weighted by atomic mass is 31.2. The van der Waals surface area contributed by atoms with Crippen molar-refractivity contribution in [2.75, 3.05) is 26.9 Å². The molecule has 0 amide bonds. The Morgan fingerprint density at radius 2 is 1.91 bits per heavy atom. The topological polar surface area (TPSA) is 138 Å². The lowest BCUT2D eigenvalue weighted by Crippen LogP contribution is -2.25. The number of methoxy groups -OCH3 is 1. The number of esters is 1. The zero-order valence-corrected chi connectivity index (χ0v) is 19.1. The molecule has 0 radical (unpaired) electrons. The highest BCUT2D eigenvalue weighted by Gasteiger charge is 2.48. The first-order valence-electron chi connectivity index (χ1n) is 10.1. The van der Waals surface area contributed by atoms with Crippen molar-refractivity contribution in [3.63, 3.8) is 0 Å². The van der Waals surface area contributed by atoms with E-state index in [0.717, 1.165) is 0 Å². The van der Waals surface area contributed by atoms with Gasteiger partial charge in [0.2, 0.25) is 0 Å². The van der Waals surface area contributed by atoms with Gasteiger partial charge in [0.15, 0.2) is 11.6 Å². The standard InChI is InChI=1S/C20H24N5O6P/c1-5-29-20(26)16(12-21)18(32(27,30-6-2)31-7-3)15-10-13-8-9-14(28-4)11-17(13)25-19(15)22-23-24-25/h8-11,16,18H,5-7H2,1-4H3. The van der Waals surface area contributed by atoms with Crippen LogP contribution in [0.3, 0.4) is 0 Å². The first-order valence-corrected chi connectivity index (χ1v) is 11.7. The van der Waals surface area contributed by atoms with Gasteiger partial charge in [0.25, 0.3) is 0 Å². The van der Waals surface area contributed by atoms with Crippen molar-refractivity contribution in [2.24, 2.45) is 5.92 Å². The van der Waals surface area contributed by atoms with Crippen LogP contribution >= 0.6 is 7.60 Å². The Hall–Kier alpha value is -3.06. The van der Waals surface area contributed by atoms with Gasteiger partial charge in [-0.2, -0.15) is 9.78 Å². The van der Waals surface area contributed by atoms with E-state index < -0.39 is 25.1 Å². The number of hydrogen-bond acceptors (Lipinski definition) is 10. The molecule has 0 spiro atoms. The van der Waals surface area contributed by atoms with Gasteiger partial charge in [-0.25, -0.2) is 0 Å². The number of pyridine rings is 1. The monoisotopic (exact) mass is 461 g/mol. The first kappa shape index (κ1) is 23.6. The van der Waals surface area contributed by atoms with Gasteiger partial charge in [-0.3, -0.25) is 9.36 Å². The van der Waals surface area contributed by atoms with Crippen molar-refractivity contribution >= 4 is 30.1 Å². The van der Waals surface area contributed by atoms with Crippen LogP contribution in [0.25, 0.3) is 16.6 Å². The van der Waals surface area contributed by atoms with Gasteiger partial charge in [-0.05, 0) is 49.4 Å². The Kier molecular flexibility index (Phi) is 7.40. The summed E-state index contributed by atoms with van der Waals surface area (Å²) >= 11 is 0. The van der Waals surface area contributed by atoms with E-state index in [0.29, 0.717) is 16.7 Å². The Morgan fingerprint density at radius 1 is 1.19 bits per heavy atom. The molecule has 2 aromatic heterocycles. The lowest BCUT2D eigenvalue weighted by atomic mass is 9.99. The van der Waals surface area contributed by atoms with Crippen LogP contribution in [-0.4, -0.2) is 52.9 Å². The fourth-order valence-corrected chi connectivity index (χ4v) is 5.71. The number of fused-ring (bicyclic) bond motifs is 3. The van der Waals surface area contributed by atoms with Crippen molar-refractivity contribution in [3.8, 4) is 11.8 Å². The second kappa shape index (κ2) is 10.0. The molecule has 3 rings (SSSR count). The predicted molar refractivity (Wildman–Crippen MR) is 114 cm³/mol. The average molecular weight is 461 g/mol. The van der Waals surface area contributed by atoms with Crippen LogP contribution in [0.2, 0.25) is 0 Å². The number of aromatic nitrogens is 4. The summed E-state index contributed by atoms with van der Waals surface area (Å²) in [6.07, 6.45) is 0. The van der Waals surface area contributed by atoms with Gasteiger partial charge in [-0.15, -0.1) is 5.10 Å². The summed E-state index contributed by atoms with van der Waals surface area (Å²) in [5.74, 6) is -1.72. The number of ether oxygens (including phenoxy) is 2. The maximum absolute atomic E-state index is 13.9. The summed E-state index contributed by atoms with van der Waals surface area (Å²) in [6.45, 7) is 5.05. The summed E-state index contributed by atoms with van der Waals surface area (Å²) in [5, 5.41) is 22.4. The van der Waals surface area contributed by atoms with E-state index in [2.05, 4.69) is 15.5 Å². The average Bonchev–Trinajstić information content (AvgIpc) is 3.27. The molecular formula is C20H24N5O6P. The van der Waals surface area contributed by atoms with E-state index in [1.165, 1.54) is 4.52 Å². The summed E-state index contributed by atoms with van der Waals surface area (Å²) in [6, 6.07) is 8.87. The lowest BCUT2D eigenvalue weighted by Gasteiger charge is -2.29. The van der Waals surface area contributed by atoms with Crippen molar-refractivity contribution in [3.05, 3.63) is 29.8 Å². The number of nitrogens with zero attached hydrogens (tertiary/aromatic N) is 5. The van der Waals surface area contributed by atoms with E-state index in [1.807, 2.05) is 6.07 Å². The van der Waals surface area contributed by atoms with Crippen LogP contribution in [0.4, 0.5) is 0 Å². The minimum absolute atomic E-state index is 0.0424.